The molecule has 0 amide bonds. The monoisotopic (exact) mass is 332 g/mol. The average Bonchev–Trinajstić information content (AvgIpc) is 2.50. The van der Waals surface area contributed by atoms with E-state index < -0.39 is 30.3 Å². The minimum atomic E-state index is -0.729. The highest BCUT2D eigenvalue weighted by molar-refractivity contribution is 5.67. The van der Waals surface area contributed by atoms with E-state index in [1.807, 2.05) is 6.07 Å². The number of nitrogens with zero attached hydrogens (tertiary/aromatic N) is 1. The summed E-state index contributed by atoms with van der Waals surface area (Å²) in [6, 6.07) is 6.93. The molecule has 7 heteroatoms. The fourth-order valence-electron chi connectivity index (χ4n) is 2.83. The lowest BCUT2D eigenvalue weighted by atomic mass is 9.91. The summed E-state index contributed by atoms with van der Waals surface area (Å²) in [5.74, 6) is -0.608. The predicted molar refractivity (Wildman–Crippen MR) is 84.9 cm³/mol. The van der Waals surface area contributed by atoms with Gasteiger partial charge in [0.25, 0.3) is 0 Å². The van der Waals surface area contributed by atoms with Crippen molar-refractivity contribution >= 4 is 17.6 Å². The van der Waals surface area contributed by atoms with E-state index in [1.165, 1.54) is 13.8 Å². The zero-order valence-electron chi connectivity index (χ0n) is 13.7. The summed E-state index contributed by atoms with van der Waals surface area (Å²) in [5, 5.41) is 9.25. The van der Waals surface area contributed by atoms with Gasteiger partial charge in [-0.1, -0.05) is 6.07 Å². The van der Waals surface area contributed by atoms with Gasteiger partial charge in [-0.25, -0.2) is 0 Å². The molecule has 3 atom stereocenters. The maximum atomic E-state index is 11.4. The van der Waals surface area contributed by atoms with Gasteiger partial charge in [-0.2, -0.15) is 5.26 Å². The van der Waals surface area contributed by atoms with Crippen LogP contribution in [0, 0.1) is 11.3 Å². The number of nitriles is 1. The number of anilines is 1. The zero-order valence-corrected chi connectivity index (χ0v) is 13.7. The van der Waals surface area contributed by atoms with Gasteiger partial charge in [0, 0.05) is 13.8 Å². The normalized spacial score (nSPS) is 23.0. The molecule has 2 rings (SSSR count). The Hall–Kier alpha value is -2.75. The van der Waals surface area contributed by atoms with Crippen LogP contribution in [0.2, 0.25) is 0 Å². The van der Waals surface area contributed by atoms with Crippen LogP contribution in [0.1, 0.15) is 38.7 Å². The molecule has 1 aromatic rings. The third kappa shape index (κ3) is 4.16. The molecule has 1 saturated carbocycles. The van der Waals surface area contributed by atoms with Crippen molar-refractivity contribution in [2.75, 3.05) is 5.73 Å². The molecule has 3 unspecified atom stereocenters. The van der Waals surface area contributed by atoms with Crippen LogP contribution >= 0.6 is 0 Å². The van der Waals surface area contributed by atoms with Crippen molar-refractivity contribution in [3.05, 3.63) is 23.8 Å². The van der Waals surface area contributed by atoms with Crippen molar-refractivity contribution in [1.82, 2.24) is 0 Å². The van der Waals surface area contributed by atoms with Gasteiger partial charge >= 0.3 is 11.9 Å². The molecule has 128 valence electrons. The molecule has 2 N–H and O–H groups in total. The van der Waals surface area contributed by atoms with Gasteiger partial charge in [0.2, 0.25) is 0 Å². The van der Waals surface area contributed by atoms with Crippen molar-refractivity contribution in [3.63, 3.8) is 0 Å². The molecule has 1 aromatic carbocycles. The van der Waals surface area contributed by atoms with Gasteiger partial charge in [0.15, 0.2) is 6.10 Å². The maximum Gasteiger partial charge on any atom is 0.303 e. The lowest BCUT2D eigenvalue weighted by molar-refractivity contribution is -0.178. The second kappa shape index (κ2) is 7.68. The number of hydrogen-bond acceptors (Lipinski definition) is 7. The van der Waals surface area contributed by atoms with Crippen molar-refractivity contribution in [2.45, 2.75) is 51.4 Å². The molecule has 1 aliphatic carbocycles. The number of esters is 2. The number of nitrogens with two attached hydrogens (primary N) is 1. The number of carbonyl (C=O) groups excluding carboxylic acids is 2. The van der Waals surface area contributed by atoms with Gasteiger partial charge in [-0.3, -0.25) is 9.59 Å². The molecule has 0 spiro atoms. The van der Waals surface area contributed by atoms with Crippen molar-refractivity contribution in [2.24, 2.45) is 0 Å². The molecule has 0 aromatic heterocycles. The van der Waals surface area contributed by atoms with E-state index in [2.05, 4.69) is 0 Å². The fourth-order valence-corrected chi connectivity index (χ4v) is 2.83. The summed E-state index contributed by atoms with van der Waals surface area (Å²) in [7, 11) is 0. The van der Waals surface area contributed by atoms with Crippen LogP contribution in [0.25, 0.3) is 0 Å². The van der Waals surface area contributed by atoms with Crippen LogP contribution in [0.5, 0.6) is 5.75 Å². The Kier molecular flexibility index (Phi) is 5.64. The Bertz CT molecular complexity index is 667. The molecule has 0 heterocycles. The van der Waals surface area contributed by atoms with Crippen LogP contribution in [0.15, 0.2) is 18.2 Å². The molecule has 1 fully saturated rings. The standard InChI is InChI=1S/C17H20N2O5/c1-10(20)22-15-7-4-8-16(17(15)23-11(2)21)24-14-6-3-5-13(19)12(14)9-18/h3,5-6,15-17H,4,7-8,19H2,1-2H3. The van der Waals surface area contributed by atoms with Gasteiger partial charge in [0.05, 0.1) is 5.69 Å². The third-order valence-electron chi connectivity index (χ3n) is 3.78. The predicted octanol–water partition coefficient (Wildman–Crippen LogP) is 1.94. The zero-order chi connectivity index (χ0) is 17.7. The summed E-state index contributed by atoms with van der Waals surface area (Å²) in [6.45, 7) is 2.60. The van der Waals surface area contributed by atoms with E-state index >= 15 is 0 Å². The first-order chi connectivity index (χ1) is 11.4. The SMILES string of the molecule is CC(=O)OC1CCCC(Oc2cccc(N)c2C#N)C1OC(C)=O. The first-order valence-corrected chi connectivity index (χ1v) is 7.72. The Labute approximate surface area is 140 Å². The molecule has 0 radical (unpaired) electrons. The summed E-state index contributed by atoms with van der Waals surface area (Å²) >= 11 is 0. The van der Waals surface area contributed by atoms with Crippen molar-refractivity contribution in [3.8, 4) is 11.8 Å². The summed E-state index contributed by atoms with van der Waals surface area (Å²) in [6.07, 6.45) is 0.102. The number of hydrogen-bond donors (Lipinski definition) is 1. The lowest BCUT2D eigenvalue weighted by Gasteiger charge is -2.36. The average molecular weight is 332 g/mol. The number of nitrogen functional groups attached to an aromatic ring is 1. The Morgan fingerprint density at radius 1 is 1.17 bits per heavy atom. The van der Waals surface area contributed by atoms with E-state index in [4.69, 9.17) is 19.9 Å². The van der Waals surface area contributed by atoms with Gasteiger partial charge < -0.3 is 19.9 Å². The molecular formula is C17H20N2O5. The summed E-state index contributed by atoms with van der Waals surface area (Å²) < 4.78 is 16.5. The summed E-state index contributed by atoms with van der Waals surface area (Å²) in [4.78, 5) is 22.7. The van der Waals surface area contributed by atoms with Crippen LogP contribution in [0.3, 0.4) is 0 Å². The number of benzene rings is 1. The highest BCUT2D eigenvalue weighted by atomic mass is 16.6. The largest absolute Gasteiger partial charge is 0.485 e. The van der Waals surface area contributed by atoms with E-state index in [-0.39, 0.29) is 5.56 Å². The van der Waals surface area contributed by atoms with Crippen LogP contribution in [-0.2, 0) is 19.1 Å². The van der Waals surface area contributed by atoms with Crippen LogP contribution in [0.4, 0.5) is 5.69 Å². The van der Waals surface area contributed by atoms with E-state index in [1.54, 1.807) is 18.2 Å². The van der Waals surface area contributed by atoms with Gasteiger partial charge in [0.1, 0.15) is 29.6 Å². The molecule has 0 bridgehead atoms. The Morgan fingerprint density at radius 3 is 2.46 bits per heavy atom. The Morgan fingerprint density at radius 2 is 1.83 bits per heavy atom. The first-order valence-electron chi connectivity index (χ1n) is 7.72. The second-order valence-electron chi connectivity index (χ2n) is 5.64. The molecular weight excluding hydrogens is 312 g/mol. The minimum Gasteiger partial charge on any atom is -0.485 e. The Balaban J connectivity index is 2.26. The lowest BCUT2D eigenvalue weighted by Crippen LogP contribution is -2.48. The van der Waals surface area contributed by atoms with Gasteiger partial charge in [-0.15, -0.1) is 0 Å². The van der Waals surface area contributed by atoms with E-state index in [0.29, 0.717) is 24.3 Å². The number of carbonyl (C=O) groups is 2. The van der Waals surface area contributed by atoms with Crippen LogP contribution in [-0.4, -0.2) is 30.3 Å². The number of ether oxygens (including phenoxy) is 3. The highest BCUT2D eigenvalue weighted by Gasteiger charge is 2.39. The second-order valence-corrected chi connectivity index (χ2v) is 5.64. The summed E-state index contributed by atoms with van der Waals surface area (Å²) in [5.41, 5.74) is 6.33. The van der Waals surface area contributed by atoms with Gasteiger partial charge in [-0.05, 0) is 31.4 Å². The molecule has 0 saturated heterocycles. The molecule has 7 nitrogen and oxygen atoms in total. The topological polar surface area (TPSA) is 112 Å². The number of rotatable bonds is 4. The van der Waals surface area contributed by atoms with Crippen molar-refractivity contribution in [1.29, 1.82) is 5.26 Å². The fraction of sp³-hybridized carbons (Fsp3) is 0.471. The minimum absolute atomic E-state index is 0.230. The molecule has 24 heavy (non-hydrogen) atoms. The first kappa shape index (κ1) is 17.6. The smallest absolute Gasteiger partial charge is 0.303 e. The quantitative estimate of drug-likeness (QED) is 0.662. The van der Waals surface area contributed by atoms with Crippen molar-refractivity contribution < 1.29 is 23.8 Å². The third-order valence-corrected chi connectivity index (χ3v) is 3.78. The molecule has 0 aliphatic heterocycles. The maximum absolute atomic E-state index is 11.4. The van der Waals surface area contributed by atoms with E-state index in [0.717, 1.165) is 6.42 Å². The highest BCUT2D eigenvalue weighted by Crippen LogP contribution is 2.31. The van der Waals surface area contributed by atoms with Crippen LogP contribution < -0.4 is 10.5 Å². The van der Waals surface area contributed by atoms with E-state index in [9.17, 15) is 14.9 Å². The molecule has 1 aliphatic rings.